The van der Waals surface area contributed by atoms with Gasteiger partial charge in [0.05, 0.1) is 11.9 Å². The first kappa shape index (κ1) is 35.9. The smallest absolute Gasteiger partial charge is 0.270 e. The Bertz CT molecular complexity index is 2170. The summed E-state index contributed by atoms with van der Waals surface area (Å²) in [5, 5.41) is 9.71. The Labute approximate surface area is 318 Å². The molecule has 5 amide bonds. The second-order valence-corrected chi connectivity index (χ2v) is 14.9. The fraction of sp³-hybridized carbons (Fsp3) is 0.436. The molecule has 1 aromatic carbocycles. The minimum atomic E-state index is -0.706. The third-order valence-corrected chi connectivity index (χ3v) is 11.2. The van der Waals surface area contributed by atoms with E-state index in [4.69, 9.17) is 4.98 Å². The lowest BCUT2D eigenvalue weighted by atomic mass is 10.0. The molecule has 6 heterocycles. The topological polar surface area (TPSA) is 178 Å². The zero-order valence-electron chi connectivity index (χ0n) is 31.2. The van der Waals surface area contributed by atoms with E-state index in [0.717, 1.165) is 48.0 Å². The van der Waals surface area contributed by atoms with Crippen molar-refractivity contribution in [3.63, 3.8) is 0 Å². The van der Waals surface area contributed by atoms with Crippen LogP contribution in [0.4, 0.5) is 23.1 Å². The molecular formula is C39H45N11O5. The number of nitrogens with one attached hydrogen (secondary N) is 3. The van der Waals surface area contributed by atoms with E-state index < -0.39 is 18.0 Å². The molecule has 4 aliphatic rings. The molecule has 1 saturated carbocycles. The van der Waals surface area contributed by atoms with Crippen LogP contribution in [0.25, 0.3) is 11.0 Å². The van der Waals surface area contributed by atoms with Crippen molar-refractivity contribution in [3.8, 4) is 0 Å². The van der Waals surface area contributed by atoms with Gasteiger partial charge in [-0.25, -0.2) is 9.97 Å². The van der Waals surface area contributed by atoms with E-state index in [9.17, 15) is 24.0 Å². The second-order valence-electron chi connectivity index (χ2n) is 14.9. The molecule has 2 saturated heterocycles. The number of piperazine rings is 1. The molecule has 16 heteroatoms. The number of hydrogen-bond acceptors (Lipinski definition) is 11. The van der Waals surface area contributed by atoms with E-state index in [2.05, 4.69) is 35.4 Å². The Morgan fingerprint density at radius 2 is 1.75 bits per heavy atom. The van der Waals surface area contributed by atoms with Crippen LogP contribution < -0.4 is 20.9 Å². The van der Waals surface area contributed by atoms with Crippen molar-refractivity contribution in [2.45, 2.75) is 70.1 Å². The zero-order valence-corrected chi connectivity index (χ0v) is 31.2. The Balaban J connectivity index is 0.875. The van der Waals surface area contributed by atoms with E-state index in [-0.39, 0.29) is 49.1 Å². The third-order valence-electron chi connectivity index (χ3n) is 11.2. The van der Waals surface area contributed by atoms with Crippen LogP contribution in [0.1, 0.15) is 77.9 Å². The first-order valence-corrected chi connectivity index (χ1v) is 18.9. The van der Waals surface area contributed by atoms with Crippen molar-refractivity contribution in [2.24, 2.45) is 0 Å². The number of anilines is 4. The van der Waals surface area contributed by atoms with Crippen molar-refractivity contribution in [1.29, 1.82) is 0 Å². The number of carbonyl (C=O) groups excluding carboxylic acids is 5. The van der Waals surface area contributed by atoms with Crippen molar-refractivity contribution in [3.05, 3.63) is 65.6 Å². The second kappa shape index (κ2) is 14.6. The van der Waals surface area contributed by atoms with Gasteiger partial charge >= 0.3 is 0 Å². The van der Waals surface area contributed by atoms with Gasteiger partial charge in [-0.3, -0.25) is 29.3 Å². The maximum absolute atomic E-state index is 13.6. The molecule has 286 valence electrons. The van der Waals surface area contributed by atoms with Crippen molar-refractivity contribution in [2.75, 3.05) is 55.8 Å². The lowest BCUT2D eigenvalue weighted by Crippen LogP contribution is -2.52. The summed E-state index contributed by atoms with van der Waals surface area (Å²) in [5.74, 6) is -0.142. The van der Waals surface area contributed by atoms with Crippen molar-refractivity contribution >= 4 is 63.7 Å². The van der Waals surface area contributed by atoms with Crippen molar-refractivity contribution in [1.82, 2.24) is 39.5 Å². The van der Waals surface area contributed by atoms with Gasteiger partial charge in [0.2, 0.25) is 23.7 Å². The van der Waals surface area contributed by atoms with Gasteiger partial charge in [0.1, 0.15) is 29.2 Å². The molecule has 3 fully saturated rings. The van der Waals surface area contributed by atoms with Gasteiger partial charge in [-0.05, 0) is 56.5 Å². The van der Waals surface area contributed by atoms with Crippen LogP contribution in [-0.2, 0) is 20.9 Å². The SMILES string of the molecule is C[C@H](Nc1cccc2c1CN([C@H]1CCC(=O)NC1=O)C2=O)C(=O)N1CCN(c2ccc(Nc3ncc4cc(C(=O)N(C)C)n(C5CCCC5)c4n3)nc2)CC1. The fourth-order valence-electron chi connectivity index (χ4n) is 8.23. The number of benzene rings is 1. The lowest BCUT2D eigenvalue weighted by Gasteiger charge is -2.37. The summed E-state index contributed by atoms with van der Waals surface area (Å²) in [7, 11) is 3.52. The summed E-state index contributed by atoms with van der Waals surface area (Å²) >= 11 is 0. The summed E-state index contributed by atoms with van der Waals surface area (Å²) in [5.41, 5.74) is 4.22. The minimum absolute atomic E-state index is 0.0458. The number of hydrogen-bond donors (Lipinski definition) is 3. The maximum atomic E-state index is 13.6. The Morgan fingerprint density at radius 3 is 2.45 bits per heavy atom. The normalized spacial score (nSPS) is 19.4. The van der Waals surface area contributed by atoms with E-state index in [1.807, 2.05) is 36.1 Å². The molecule has 16 nitrogen and oxygen atoms in total. The molecular weight excluding hydrogens is 703 g/mol. The van der Waals surface area contributed by atoms with Crippen LogP contribution in [0.2, 0.25) is 0 Å². The van der Waals surface area contributed by atoms with Crippen LogP contribution in [-0.4, -0.2) is 116 Å². The Morgan fingerprint density at radius 1 is 0.964 bits per heavy atom. The van der Waals surface area contributed by atoms with E-state index in [1.54, 1.807) is 43.5 Å². The van der Waals surface area contributed by atoms with Crippen LogP contribution in [0.5, 0.6) is 0 Å². The highest BCUT2D eigenvalue weighted by atomic mass is 16.2. The standard InChI is InChI=1S/C39H45N11O5/c1-23(42-29-10-6-9-27-28(29)22-49(37(27)54)30-12-14-33(51)44-35(30)52)36(53)48-17-15-47(16-18-48)26-11-13-32(40-21-26)43-39-41-20-24-19-31(38(55)46(2)3)50(34(24)45-39)25-7-4-5-8-25/h6,9-11,13,19-21,23,25,30,42H,4-5,7-8,12,14-18,22H2,1-3H3,(H,44,51,52)(H,40,41,43,45)/t23-,30-/m0/s1. The van der Waals surface area contributed by atoms with Crippen LogP contribution in [0.15, 0.2) is 48.8 Å². The van der Waals surface area contributed by atoms with Crippen molar-refractivity contribution < 1.29 is 24.0 Å². The molecule has 55 heavy (non-hydrogen) atoms. The summed E-state index contributed by atoms with van der Waals surface area (Å²) in [6.45, 7) is 4.37. The zero-order chi connectivity index (χ0) is 38.4. The van der Waals surface area contributed by atoms with Crippen LogP contribution >= 0.6 is 0 Å². The number of aromatic nitrogens is 4. The number of pyridine rings is 1. The minimum Gasteiger partial charge on any atom is -0.374 e. The molecule has 0 unspecified atom stereocenters. The number of amides is 5. The van der Waals surface area contributed by atoms with Gasteiger partial charge in [-0.15, -0.1) is 0 Å². The van der Waals surface area contributed by atoms with E-state index in [1.165, 1.54) is 4.90 Å². The van der Waals surface area contributed by atoms with Gasteiger partial charge in [0, 0.05) is 87.7 Å². The van der Waals surface area contributed by atoms with Gasteiger partial charge in [-0.2, -0.15) is 4.98 Å². The average Bonchev–Trinajstić information content (AvgIpc) is 3.93. The van der Waals surface area contributed by atoms with Crippen LogP contribution in [0.3, 0.4) is 0 Å². The number of rotatable bonds is 9. The molecule has 4 aromatic rings. The molecule has 3 aliphatic heterocycles. The molecule has 8 rings (SSSR count). The molecule has 1 aliphatic carbocycles. The Kier molecular flexibility index (Phi) is 9.57. The summed E-state index contributed by atoms with van der Waals surface area (Å²) in [6.07, 6.45) is 8.30. The molecule has 3 aromatic heterocycles. The van der Waals surface area contributed by atoms with Gasteiger partial charge in [0.25, 0.3) is 11.8 Å². The number of nitrogens with zero attached hydrogens (tertiary/aromatic N) is 8. The summed E-state index contributed by atoms with van der Waals surface area (Å²) < 4.78 is 2.09. The number of carbonyl (C=O) groups is 5. The first-order chi connectivity index (χ1) is 26.5. The summed E-state index contributed by atoms with van der Waals surface area (Å²) in [4.78, 5) is 85.2. The highest BCUT2D eigenvalue weighted by Gasteiger charge is 2.40. The predicted octanol–water partition coefficient (Wildman–Crippen LogP) is 3.30. The monoisotopic (exact) mass is 747 g/mol. The highest BCUT2D eigenvalue weighted by Crippen LogP contribution is 2.36. The lowest BCUT2D eigenvalue weighted by molar-refractivity contribution is -0.137. The van der Waals surface area contributed by atoms with Crippen LogP contribution in [0, 0.1) is 0 Å². The molecule has 0 spiro atoms. The first-order valence-electron chi connectivity index (χ1n) is 18.9. The summed E-state index contributed by atoms with van der Waals surface area (Å²) in [6, 6.07) is 10.1. The maximum Gasteiger partial charge on any atom is 0.270 e. The number of piperidine rings is 1. The predicted molar refractivity (Wildman–Crippen MR) is 205 cm³/mol. The quantitative estimate of drug-likeness (QED) is 0.214. The average molecular weight is 748 g/mol. The van der Waals surface area contributed by atoms with Gasteiger partial charge < -0.3 is 34.8 Å². The molecule has 0 bridgehead atoms. The highest BCUT2D eigenvalue weighted by molar-refractivity contribution is 6.06. The van der Waals surface area contributed by atoms with E-state index >= 15 is 0 Å². The largest absolute Gasteiger partial charge is 0.374 e. The fourth-order valence-corrected chi connectivity index (χ4v) is 8.23. The van der Waals surface area contributed by atoms with E-state index in [0.29, 0.717) is 54.9 Å². The third kappa shape index (κ3) is 6.92. The van der Waals surface area contributed by atoms with Gasteiger partial charge in [-0.1, -0.05) is 18.9 Å². The number of fused-ring (bicyclic) bond motifs is 2. The van der Waals surface area contributed by atoms with Gasteiger partial charge in [0.15, 0.2) is 0 Å². The Hall–Kier alpha value is -6.06. The molecule has 3 N–H and O–H groups in total. The molecule has 2 atom stereocenters. The molecule has 0 radical (unpaired) electrons. The number of imide groups is 1.